The van der Waals surface area contributed by atoms with Gasteiger partial charge in [0.25, 0.3) is 0 Å². The van der Waals surface area contributed by atoms with E-state index < -0.39 is 12.2 Å². The lowest BCUT2D eigenvalue weighted by molar-refractivity contribution is 0.172. The molecule has 0 saturated carbocycles. The number of pyridine rings is 2. The predicted molar refractivity (Wildman–Crippen MR) is 135 cm³/mol. The fourth-order valence-corrected chi connectivity index (χ4v) is 4.28. The van der Waals surface area contributed by atoms with E-state index in [1.165, 1.54) is 6.07 Å². The zero-order valence-electron chi connectivity index (χ0n) is 18.8. The average molecular weight is 467 g/mol. The first kappa shape index (κ1) is 22.9. The fraction of sp³-hybridized carbons (Fsp3) is 0.143. The molecule has 2 aromatic heterocycles. The van der Waals surface area contributed by atoms with Crippen molar-refractivity contribution in [2.24, 2.45) is 0 Å². The smallest absolute Gasteiger partial charge is 0.0865 e. The van der Waals surface area contributed by atoms with Gasteiger partial charge in [0.15, 0.2) is 0 Å². The molecule has 0 fully saturated rings. The molecular weight excluding hydrogens is 442 g/mol. The summed E-state index contributed by atoms with van der Waals surface area (Å²) in [6.07, 6.45) is -1.63. The number of aromatic nitrogens is 2. The topological polar surface area (TPSA) is 113 Å². The van der Waals surface area contributed by atoms with Crippen LogP contribution in [0, 0.1) is 5.21 Å². The summed E-state index contributed by atoms with van der Waals surface area (Å²) in [5.74, 6) is 0. The molecule has 2 atom stereocenters. The Morgan fingerprint density at radius 1 is 0.686 bits per heavy atom. The monoisotopic (exact) mass is 466 g/mol. The Labute approximate surface area is 202 Å². The van der Waals surface area contributed by atoms with Crippen molar-refractivity contribution in [3.05, 3.63) is 119 Å². The van der Waals surface area contributed by atoms with E-state index in [2.05, 4.69) is 9.97 Å². The summed E-state index contributed by atoms with van der Waals surface area (Å²) >= 11 is 0. The van der Waals surface area contributed by atoms with Gasteiger partial charge in [-0.3, -0.25) is 15.2 Å². The molecule has 0 amide bonds. The quantitative estimate of drug-likeness (QED) is 0.288. The predicted octanol–water partition coefficient (Wildman–Crippen LogP) is 5.03. The summed E-state index contributed by atoms with van der Waals surface area (Å²) in [6.45, 7) is 0. The SMILES string of the molecule is [O-]N(O)c1cc([C@@H](O)Cc2ccc3ccccc3n2)ccc1[C@@H](O)Cc1ccc2ccccc2n1. The number of para-hydroxylation sites is 2. The molecule has 2 heterocycles. The molecule has 5 aromatic rings. The van der Waals surface area contributed by atoms with Crippen LogP contribution in [0.15, 0.2) is 91.0 Å². The van der Waals surface area contributed by atoms with Crippen molar-refractivity contribution in [1.29, 1.82) is 0 Å². The second kappa shape index (κ2) is 9.77. The number of hydrogen-bond donors (Lipinski definition) is 3. The summed E-state index contributed by atoms with van der Waals surface area (Å²) in [4.78, 5) is 9.15. The minimum atomic E-state index is -1.07. The van der Waals surface area contributed by atoms with Gasteiger partial charge in [0.2, 0.25) is 0 Å². The van der Waals surface area contributed by atoms with E-state index in [-0.39, 0.29) is 29.3 Å². The lowest BCUT2D eigenvalue weighted by Crippen LogP contribution is -2.15. The Balaban J connectivity index is 1.37. The highest BCUT2D eigenvalue weighted by Gasteiger charge is 2.18. The van der Waals surface area contributed by atoms with Crippen LogP contribution in [0.1, 0.15) is 34.7 Å². The van der Waals surface area contributed by atoms with Gasteiger partial charge in [0, 0.05) is 40.6 Å². The minimum Gasteiger partial charge on any atom is -0.733 e. The van der Waals surface area contributed by atoms with Crippen LogP contribution in [0.25, 0.3) is 21.8 Å². The number of aliphatic hydroxyl groups is 2. The summed E-state index contributed by atoms with van der Waals surface area (Å²) in [7, 11) is 0. The van der Waals surface area contributed by atoms with Gasteiger partial charge in [0.1, 0.15) is 0 Å². The van der Waals surface area contributed by atoms with Gasteiger partial charge in [-0.15, -0.1) is 0 Å². The third-order valence-electron chi connectivity index (χ3n) is 6.12. The molecule has 7 heteroatoms. The second-order valence-corrected chi connectivity index (χ2v) is 8.52. The molecular formula is C28H24N3O4-. The molecule has 0 saturated heterocycles. The normalized spacial score (nSPS) is 13.1. The molecule has 0 aliphatic rings. The Hall–Kier alpha value is -3.88. The van der Waals surface area contributed by atoms with Crippen molar-refractivity contribution in [2.45, 2.75) is 25.0 Å². The van der Waals surface area contributed by atoms with Crippen molar-refractivity contribution < 1.29 is 15.4 Å². The van der Waals surface area contributed by atoms with Gasteiger partial charge in [0.05, 0.1) is 28.9 Å². The molecule has 3 N–H and O–H groups in total. The van der Waals surface area contributed by atoms with E-state index in [0.29, 0.717) is 17.0 Å². The lowest BCUT2D eigenvalue weighted by atomic mass is 9.97. The number of rotatable bonds is 7. The van der Waals surface area contributed by atoms with Gasteiger partial charge in [-0.1, -0.05) is 60.7 Å². The van der Waals surface area contributed by atoms with E-state index in [4.69, 9.17) is 0 Å². The number of benzene rings is 3. The van der Waals surface area contributed by atoms with Crippen LogP contribution in [-0.4, -0.2) is 25.4 Å². The number of aliphatic hydroxyl groups excluding tert-OH is 2. The van der Waals surface area contributed by atoms with Gasteiger partial charge in [-0.2, -0.15) is 0 Å². The Morgan fingerprint density at radius 2 is 1.23 bits per heavy atom. The fourth-order valence-electron chi connectivity index (χ4n) is 4.28. The first-order chi connectivity index (χ1) is 17.0. The summed E-state index contributed by atoms with van der Waals surface area (Å²) in [5, 5.41) is 45.0. The first-order valence-electron chi connectivity index (χ1n) is 11.3. The van der Waals surface area contributed by atoms with E-state index in [1.807, 2.05) is 72.8 Å². The van der Waals surface area contributed by atoms with Gasteiger partial charge < -0.3 is 20.6 Å². The van der Waals surface area contributed by atoms with Crippen LogP contribution in [-0.2, 0) is 12.8 Å². The Bertz CT molecular complexity index is 1490. The zero-order valence-corrected chi connectivity index (χ0v) is 18.8. The van der Waals surface area contributed by atoms with Crippen molar-refractivity contribution in [2.75, 3.05) is 5.23 Å². The number of anilines is 1. The average Bonchev–Trinajstić information content (AvgIpc) is 2.88. The van der Waals surface area contributed by atoms with Crippen molar-refractivity contribution in [1.82, 2.24) is 9.97 Å². The van der Waals surface area contributed by atoms with E-state index in [9.17, 15) is 20.6 Å². The highest BCUT2D eigenvalue weighted by molar-refractivity contribution is 5.79. The molecule has 0 radical (unpaired) electrons. The van der Waals surface area contributed by atoms with E-state index in [0.717, 1.165) is 21.8 Å². The zero-order chi connectivity index (χ0) is 24.4. The summed E-state index contributed by atoms with van der Waals surface area (Å²) in [6, 6.07) is 27.5. The van der Waals surface area contributed by atoms with Crippen molar-refractivity contribution in [3.8, 4) is 0 Å². The summed E-state index contributed by atoms with van der Waals surface area (Å²) < 4.78 is 0. The second-order valence-electron chi connectivity index (χ2n) is 8.52. The third kappa shape index (κ3) is 4.99. The maximum Gasteiger partial charge on any atom is 0.0865 e. The van der Waals surface area contributed by atoms with Crippen LogP contribution < -0.4 is 5.23 Å². The highest BCUT2D eigenvalue weighted by Crippen LogP contribution is 2.32. The van der Waals surface area contributed by atoms with Crippen LogP contribution in [0.3, 0.4) is 0 Å². The molecule has 0 aliphatic heterocycles. The van der Waals surface area contributed by atoms with E-state index in [1.54, 1.807) is 12.1 Å². The third-order valence-corrected chi connectivity index (χ3v) is 6.12. The molecule has 0 unspecified atom stereocenters. The molecule has 0 bridgehead atoms. The standard InChI is InChI=1S/C28H24N3O4/c32-27(16-21-12-9-18-5-1-3-7-24(18)29-21)20-11-14-23(26(15-20)31(34)35)28(33)17-22-13-10-19-6-2-4-8-25(19)30-22/h1-15,27-28,32-34H,16-17H2/q-1/t27-,28-/m0/s1. The van der Waals surface area contributed by atoms with Crippen molar-refractivity contribution >= 4 is 27.5 Å². The highest BCUT2D eigenvalue weighted by atomic mass is 16.8. The summed E-state index contributed by atoms with van der Waals surface area (Å²) in [5.41, 5.74) is 3.56. The molecule has 3 aromatic carbocycles. The molecule has 5 rings (SSSR count). The van der Waals surface area contributed by atoms with Crippen LogP contribution in [0.5, 0.6) is 0 Å². The van der Waals surface area contributed by atoms with Crippen molar-refractivity contribution in [3.63, 3.8) is 0 Å². The Kier molecular flexibility index (Phi) is 6.39. The van der Waals surface area contributed by atoms with E-state index >= 15 is 0 Å². The molecule has 176 valence electrons. The largest absolute Gasteiger partial charge is 0.733 e. The van der Waals surface area contributed by atoms with Gasteiger partial charge >= 0.3 is 0 Å². The minimum absolute atomic E-state index is 0.124. The number of nitrogens with zero attached hydrogens (tertiary/aromatic N) is 3. The maximum atomic E-state index is 11.9. The van der Waals surface area contributed by atoms with Gasteiger partial charge in [-0.05, 0) is 35.9 Å². The van der Waals surface area contributed by atoms with Crippen LogP contribution in [0.2, 0.25) is 0 Å². The number of fused-ring (bicyclic) bond motifs is 2. The lowest BCUT2D eigenvalue weighted by Gasteiger charge is -2.28. The molecule has 0 aliphatic carbocycles. The molecule has 0 spiro atoms. The van der Waals surface area contributed by atoms with Gasteiger partial charge in [-0.25, -0.2) is 0 Å². The number of hydrogen-bond acceptors (Lipinski definition) is 7. The van der Waals surface area contributed by atoms with Crippen LogP contribution in [0.4, 0.5) is 5.69 Å². The van der Waals surface area contributed by atoms with Crippen LogP contribution >= 0.6 is 0 Å². The maximum absolute atomic E-state index is 11.9. The molecule has 35 heavy (non-hydrogen) atoms. The first-order valence-corrected chi connectivity index (χ1v) is 11.3. The Morgan fingerprint density at radius 3 is 1.80 bits per heavy atom. The molecule has 7 nitrogen and oxygen atoms in total.